The molecular formula is C16H29NO. The minimum absolute atomic E-state index is 0.695. The van der Waals surface area contributed by atoms with Crippen LogP contribution in [-0.2, 0) is 4.79 Å². The van der Waals surface area contributed by atoms with Crippen molar-refractivity contribution in [3.05, 3.63) is 0 Å². The summed E-state index contributed by atoms with van der Waals surface area (Å²) < 4.78 is 0. The number of hydrogen-bond donors (Lipinski definition) is 0. The van der Waals surface area contributed by atoms with Crippen molar-refractivity contribution in [3.8, 4) is 6.07 Å². The highest BCUT2D eigenvalue weighted by molar-refractivity contribution is 5.63. The van der Waals surface area contributed by atoms with Gasteiger partial charge in [0.2, 0.25) is 0 Å². The SMILES string of the molecule is CCCCCCCCC(C#N)(C=O)CCCCC. The van der Waals surface area contributed by atoms with Crippen LogP contribution in [0.15, 0.2) is 0 Å². The maximum Gasteiger partial charge on any atom is 0.140 e. The van der Waals surface area contributed by atoms with Gasteiger partial charge in [-0.25, -0.2) is 0 Å². The zero-order valence-electron chi connectivity index (χ0n) is 12.2. The fraction of sp³-hybridized carbons (Fsp3) is 0.875. The quantitative estimate of drug-likeness (QED) is 0.360. The summed E-state index contributed by atoms with van der Waals surface area (Å²) in [4.78, 5) is 11.2. The third-order valence-corrected chi connectivity index (χ3v) is 3.65. The lowest BCUT2D eigenvalue weighted by Crippen LogP contribution is -2.20. The second-order valence-corrected chi connectivity index (χ2v) is 5.36. The fourth-order valence-electron chi connectivity index (χ4n) is 2.29. The maximum absolute atomic E-state index is 11.2. The van der Waals surface area contributed by atoms with E-state index in [9.17, 15) is 10.1 Å². The molecule has 0 rings (SSSR count). The summed E-state index contributed by atoms with van der Waals surface area (Å²) in [6, 6.07) is 2.26. The van der Waals surface area contributed by atoms with Crippen LogP contribution in [0.2, 0.25) is 0 Å². The van der Waals surface area contributed by atoms with Gasteiger partial charge >= 0.3 is 0 Å². The van der Waals surface area contributed by atoms with Gasteiger partial charge < -0.3 is 4.79 Å². The largest absolute Gasteiger partial charge is 0.302 e. The second-order valence-electron chi connectivity index (χ2n) is 5.36. The van der Waals surface area contributed by atoms with Crippen molar-refractivity contribution in [1.29, 1.82) is 5.26 Å². The molecule has 0 spiro atoms. The summed E-state index contributed by atoms with van der Waals surface area (Å²) in [5.74, 6) is 0. The van der Waals surface area contributed by atoms with Gasteiger partial charge in [0.15, 0.2) is 0 Å². The summed E-state index contributed by atoms with van der Waals surface area (Å²) in [7, 11) is 0. The molecule has 0 amide bonds. The zero-order valence-corrected chi connectivity index (χ0v) is 12.2. The van der Waals surface area contributed by atoms with Crippen LogP contribution in [0.3, 0.4) is 0 Å². The molecule has 0 saturated carbocycles. The highest BCUT2D eigenvalue weighted by Gasteiger charge is 2.28. The normalized spacial score (nSPS) is 13.8. The van der Waals surface area contributed by atoms with Gasteiger partial charge in [0.05, 0.1) is 6.07 Å². The first-order valence-electron chi connectivity index (χ1n) is 7.62. The van der Waals surface area contributed by atoms with E-state index < -0.39 is 5.41 Å². The third-order valence-electron chi connectivity index (χ3n) is 3.65. The molecule has 0 saturated heterocycles. The lowest BCUT2D eigenvalue weighted by molar-refractivity contribution is -0.114. The molecule has 0 aromatic carbocycles. The molecule has 2 nitrogen and oxygen atoms in total. The number of aldehydes is 1. The molecule has 0 N–H and O–H groups in total. The summed E-state index contributed by atoms with van der Waals surface area (Å²) in [5, 5.41) is 9.24. The van der Waals surface area contributed by atoms with Gasteiger partial charge in [-0.1, -0.05) is 71.6 Å². The minimum Gasteiger partial charge on any atom is -0.302 e. The molecule has 0 radical (unpaired) electrons. The molecule has 0 fully saturated rings. The first kappa shape index (κ1) is 17.2. The van der Waals surface area contributed by atoms with Crippen molar-refractivity contribution in [2.45, 2.75) is 84.5 Å². The number of rotatable bonds is 12. The van der Waals surface area contributed by atoms with Gasteiger partial charge in [-0.2, -0.15) is 5.26 Å². The summed E-state index contributed by atoms with van der Waals surface area (Å²) in [6.45, 7) is 4.35. The summed E-state index contributed by atoms with van der Waals surface area (Å²) in [6.07, 6.45) is 12.9. The Labute approximate surface area is 113 Å². The Morgan fingerprint density at radius 3 is 1.83 bits per heavy atom. The van der Waals surface area contributed by atoms with E-state index in [1.54, 1.807) is 0 Å². The van der Waals surface area contributed by atoms with Gasteiger partial charge in [0.25, 0.3) is 0 Å². The smallest absolute Gasteiger partial charge is 0.140 e. The molecule has 1 atom stereocenters. The van der Waals surface area contributed by atoms with E-state index in [1.165, 1.54) is 25.7 Å². The molecule has 0 aromatic rings. The van der Waals surface area contributed by atoms with Crippen LogP contribution in [0.5, 0.6) is 0 Å². The first-order valence-corrected chi connectivity index (χ1v) is 7.62. The van der Waals surface area contributed by atoms with Crippen LogP contribution >= 0.6 is 0 Å². The average Bonchev–Trinajstić information content (AvgIpc) is 2.41. The predicted molar refractivity (Wildman–Crippen MR) is 76.2 cm³/mol. The predicted octanol–water partition coefficient (Wildman–Crippen LogP) is 5.03. The van der Waals surface area contributed by atoms with E-state index in [2.05, 4.69) is 19.9 Å². The van der Waals surface area contributed by atoms with Crippen LogP contribution < -0.4 is 0 Å². The standard InChI is InChI=1S/C16H29NO/c1-3-5-7-8-9-11-13-16(14-17,15-18)12-10-6-4-2/h15H,3-13H2,1-2H3. The lowest BCUT2D eigenvalue weighted by Gasteiger charge is -2.19. The molecule has 18 heavy (non-hydrogen) atoms. The summed E-state index contributed by atoms with van der Waals surface area (Å²) >= 11 is 0. The number of unbranched alkanes of at least 4 members (excludes halogenated alkanes) is 7. The maximum atomic E-state index is 11.2. The Kier molecular flexibility index (Phi) is 10.7. The van der Waals surface area contributed by atoms with Crippen LogP contribution in [0.1, 0.15) is 84.5 Å². The molecule has 0 bridgehead atoms. The van der Waals surface area contributed by atoms with Gasteiger partial charge in [-0.3, -0.25) is 0 Å². The molecule has 2 heteroatoms. The molecule has 0 heterocycles. The molecular weight excluding hydrogens is 222 g/mol. The van der Waals surface area contributed by atoms with E-state index in [4.69, 9.17) is 0 Å². The lowest BCUT2D eigenvalue weighted by atomic mass is 9.80. The Morgan fingerprint density at radius 2 is 1.33 bits per heavy atom. The average molecular weight is 251 g/mol. The van der Waals surface area contributed by atoms with Crippen molar-refractivity contribution in [3.63, 3.8) is 0 Å². The van der Waals surface area contributed by atoms with E-state index in [1.807, 2.05) is 0 Å². The molecule has 0 aliphatic heterocycles. The van der Waals surface area contributed by atoms with Crippen molar-refractivity contribution in [1.82, 2.24) is 0 Å². The van der Waals surface area contributed by atoms with Crippen molar-refractivity contribution >= 4 is 6.29 Å². The van der Waals surface area contributed by atoms with E-state index in [-0.39, 0.29) is 0 Å². The third kappa shape index (κ3) is 7.48. The van der Waals surface area contributed by atoms with Crippen LogP contribution in [0, 0.1) is 16.7 Å². The second kappa shape index (κ2) is 11.3. The monoisotopic (exact) mass is 251 g/mol. The van der Waals surface area contributed by atoms with E-state index in [0.717, 1.165) is 51.2 Å². The Morgan fingerprint density at radius 1 is 0.889 bits per heavy atom. The van der Waals surface area contributed by atoms with Crippen LogP contribution in [-0.4, -0.2) is 6.29 Å². The van der Waals surface area contributed by atoms with Crippen molar-refractivity contribution < 1.29 is 4.79 Å². The van der Waals surface area contributed by atoms with E-state index >= 15 is 0 Å². The molecule has 0 aliphatic carbocycles. The Balaban J connectivity index is 3.88. The molecule has 0 aliphatic rings. The topological polar surface area (TPSA) is 40.9 Å². The van der Waals surface area contributed by atoms with Crippen LogP contribution in [0.25, 0.3) is 0 Å². The molecule has 0 aromatic heterocycles. The van der Waals surface area contributed by atoms with Gasteiger partial charge in [0.1, 0.15) is 11.7 Å². The zero-order chi connectivity index (χ0) is 13.7. The van der Waals surface area contributed by atoms with Gasteiger partial charge in [-0.05, 0) is 12.8 Å². The number of carbonyl (C=O) groups is 1. The highest BCUT2D eigenvalue weighted by atomic mass is 16.1. The molecule has 1 unspecified atom stereocenters. The fourth-order valence-corrected chi connectivity index (χ4v) is 2.29. The van der Waals surface area contributed by atoms with E-state index in [0.29, 0.717) is 0 Å². The first-order chi connectivity index (χ1) is 8.74. The highest BCUT2D eigenvalue weighted by Crippen LogP contribution is 2.28. The van der Waals surface area contributed by atoms with Crippen molar-refractivity contribution in [2.24, 2.45) is 5.41 Å². The van der Waals surface area contributed by atoms with Crippen molar-refractivity contribution in [2.75, 3.05) is 0 Å². The number of carbonyl (C=O) groups excluding carboxylic acids is 1. The minimum atomic E-state index is -0.695. The molecule has 104 valence electrons. The van der Waals surface area contributed by atoms with Crippen LogP contribution in [0.4, 0.5) is 0 Å². The Bertz CT molecular complexity index is 244. The number of nitrogens with zero attached hydrogens (tertiary/aromatic N) is 1. The van der Waals surface area contributed by atoms with Gasteiger partial charge in [-0.15, -0.1) is 0 Å². The Hall–Kier alpha value is -0.840. The number of hydrogen-bond acceptors (Lipinski definition) is 2. The number of nitriles is 1. The summed E-state index contributed by atoms with van der Waals surface area (Å²) in [5.41, 5.74) is -0.695. The van der Waals surface area contributed by atoms with Gasteiger partial charge in [0, 0.05) is 0 Å².